The Bertz CT molecular complexity index is 434. The van der Waals surface area contributed by atoms with E-state index in [2.05, 4.69) is 33.2 Å². The SMILES string of the molecule is COc1cc(CN(C)CC2CCCN2)cc(Br)c1O. The highest BCUT2D eigenvalue weighted by molar-refractivity contribution is 9.10. The lowest BCUT2D eigenvalue weighted by Gasteiger charge is -2.21. The fourth-order valence-electron chi connectivity index (χ4n) is 2.54. The van der Waals surface area contributed by atoms with Crippen LogP contribution in [0.5, 0.6) is 11.5 Å². The van der Waals surface area contributed by atoms with Gasteiger partial charge in [-0.05, 0) is 60.1 Å². The van der Waals surface area contributed by atoms with Crippen LogP contribution in [0, 0.1) is 0 Å². The summed E-state index contributed by atoms with van der Waals surface area (Å²) >= 11 is 3.35. The summed E-state index contributed by atoms with van der Waals surface area (Å²) in [5, 5.41) is 13.3. The first-order chi connectivity index (χ1) is 9.10. The molecule has 1 aliphatic heterocycles. The number of nitrogens with one attached hydrogen (secondary N) is 1. The van der Waals surface area contributed by atoms with Gasteiger partial charge in [-0.2, -0.15) is 0 Å². The Balaban J connectivity index is 1.99. The number of rotatable bonds is 5. The molecule has 19 heavy (non-hydrogen) atoms. The fraction of sp³-hybridized carbons (Fsp3) is 0.571. The van der Waals surface area contributed by atoms with E-state index in [1.165, 1.54) is 12.8 Å². The Labute approximate surface area is 122 Å². The van der Waals surface area contributed by atoms with E-state index < -0.39 is 0 Å². The van der Waals surface area contributed by atoms with Crippen LogP contribution in [0.1, 0.15) is 18.4 Å². The molecule has 2 rings (SSSR count). The van der Waals surface area contributed by atoms with E-state index in [1.807, 2.05) is 12.1 Å². The summed E-state index contributed by atoms with van der Waals surface area (Å²) < 4.78 is 5.85. The van der Waals surface area contributed by atoms with Crippen LogP contribution in [-0.4, -0.2) is 43.3 Å². The lowest BCUT2D eigenvalue weighted by molar-refractivity contribution is 0.292. The summed E-state index contributed by atoms with van der Waals surface area (Å²) in [5.41, 5.74) is 1.13. The molecular weight excluding hydrogens is 308 g/mol. The van der Waals surface area contributed by atoms with Crippen molar-refractivity contribution in [2.75, 3.05) is 27.2 Å². The summed E-state index contributed by atoms with van der Waals surface area (Å²) in [6.07, 6.45) is 2.53. The molecule has 0 spiro atoms. The smallest absolute Gasteiger partial charge is 0.172 e. The lowest BCUT2D eigenvalue weighted by Crippen LogP contribution is -2.34. The van der Waals surface area contributed by atoms with E-state index in [-0.39, 0.29) is 5.75 Å². The molecule has 1 atom stereocenters. The molecular formula is C14H21BrN2O2. The van der Waals surface area contributed by atoms with Gasteiger partial charge in [0.15, 0.2) is 11.5 Å². The van der Waals surface area contributed by atoms with Gasteiger partial charge < -0.3 is 20.1 Å². The molecule has 0 aromatic heterocycles. The molecule has 4 nitrogen and oxygen atoms in total. The summed E-state index contributed by atoms with van der Waals surface area (Å²) in [6, 6.07) is 4.43. The standard InChI is InChI=1S/C14H21BrN2O2/c1-17(9-11-4-3-5-16-11)8-10-6-12(15)14(18)13(7-10)19-2/h6-7,11,16,18H,3-5,8-9H2,1-2H3. The molecule has 0 bridgehead atoms. The number of hydrogen-bond acceptors (Lipinski definition) is 4. The molecule has 2 N–H and O–H groups in total. The average Bonchev–Trinajstić information content (AvgIpc) is 2.86. The minimum Gasteiger partial charge on any atom is -0.503 e. The molecule has 1 aliphatic rings. The van der Waals surface area contributed by atoms with Gasteiger partial charge in [0.2, 0.25) is 0 Å². The Morgan fingerprint density at radius 2 is 2.32 bits per heavy atom. The minimum absolute atomic E-state index is 0.159. The Morgan fingerprint density at radius 1 is 1.53 bits per heavy atom. The van der Waals surface area contributed by atoms with Crippen LogP contribution >= 0.6 is 15.9 Å². The van der Waals surface area contributed by atoms with Crippen LogP contribution in [0.25, 0.3) is 0 Å². The van der Waals surface area contributed by atoms with Crippen molar-refractivity contribution in [3.05, 3.63) is 22.2 Å². The molecule has 1 fully saturated rings. The largest absolute Gasteiger partial charge is 0.503 e. The van der Waals surface area contributed by atoms with Gasteiger partial charge in [0.1, 0.15) is 0 Å². The van der Waals surface area contributed by atoms with E-state index in [4.69, 9.17) is 4.74 Å². The highest BCUT2D eigenvalue weighted by Crippen LogP contribution is 2.35. The number of methoxy groups -OCH3 is 1. The first-order valence-corrected chi connectivity index (χ1v) is 7.36. The van der Waals surface area contributed by atoms with Gasteiger partial charge in [-0.3, -0.25) is 0 Å². The minimum atomic E-state index is 0.159. The summed E-state index contributed by atoms with van der Waals surface area (Å²) in [7, 11) is 3.69. The lowest BCUT2D eigenvalue weighted by atomic mass is 10.1. The predicted molar refractivity (Wildman–Crippen MR) is 79.7 cm³/mol. The van der Waals surface area contributed by atoms with Crippen molar-refractivity contribution in [1.29, 1.82) is 0 Å². The molecule has 0 radical (unpaired) electrons. The van der Waals surface area contributed by atoms with Gasteiger partial charge in [-0.25, -0.2) is 0 Å². The normalized spacial score (nSPS) is 19.1. The third kappa shape index (κ3) is 3.84. The van der Waals surface area contributed by atoms with Crippen LogP contribution in [0.15, 0.2) is 16.6 Å². The molecule has 1 saturated heterocycles. The van der Waals surface area contributed by atoms with Crippen LogP contribution in [0.4, 0.5) is 0 Å². The number of likely N-dealkylation sites (N-methyl/N-ethyl adjacent to an activating group) is 1. The summed E-state index contributed by atoms with van der Waals surface area (Å²) in [6.45, 7) is 3.02. The van der Waals surface area contributed by atoms with Crippen LogP contribution in [0.2, 0.25) is 0 Å². The van der Waals surface area contributed by atoms with Crippen LogP contribution in [-0.2, 0) is 6.54 Å². The second-order valence-electron chi connectivity index (χ2n) is 5.12. The maximum Gasteiger partial charge on any atom is 0.172 e. The zero-order chi connectivity index (χ0) is 13.8. The second-order valence-corrected chi connectivity index (χ2v) is 5.97. The van der Waals surface area contributed by atoms with E-state index in [0.29, 0.717) is 16.3 Å². The number of halogens is 1. The maximum atomic E-state index is 9.79. The van der Waals surface area contributed by atoms with E-state index in [9.17, 15) is 5.11 Å². The third-order valence-corrected chi connectivity index (χ3v) is 4.06. The topological polar surface area (TPSA) is 44.7 Å². The van der Waals surface area contributed by atoms with Crippen molar-refractivity contribution in [2.45, 2.75) is 25.4 Å². The Morgan fingerprint density at radius 3 is 2.95 bits per heavy atom. The average molecular weight is 329 g/mol. The van der Waals surface area contributed by atoms with Crippen molar-refractivity contribution in [2.24, 2.45) is 0 Å². The predicted octanol–water partition coefficient (Wildman–Crippen LogP) is 2.35. The first kappa shape index (κ1) is 14.6. The Kier molecular flexibility index (Phi) is 5.07. The first-order valence-electron chi connectivity index (χ1n) is 6.57. The van der Waals surface area contributed by atoms with Crippen molar-refractivity contribution < 1.29 is 9.84 Å². The third-order valence-electron chi connectivity index (χ3n) is 3.46. The number of benzene rings is 1. The molecule has 5 heteroatoms. The number of hydrogen-bond donors (Lipinski definition) is 2. The number of nitrogens with zero attached hydrogens (tertiary/aromatic N) is 1. The number of phenols is 1. The van der Waals surface area contributed by atoms with E-state index >= 15 is 0 Å². The molecule has 0 aliphatic carbocycles. The van der Waals surface area contributed by atoms with Gasteiger partial charge in [-0.15, -0.1) is 0 Å². The van der Waals surface area contributed by atoms with Crippen LogP contribution in [0.3, 0.4) is 0 Å². The molecule has 106 valence electrons. The van der Waals surface area contributed by atoms with Crippen molar-refractivity contribution >= 4 is 15.9 Å². The number of phenolic OH excluding ortho intramolecular Hbond substituents is 1. The molecule has 0 amide bonds. The molecule has 1 heterocycles. The van der Waals surface area contributed by atoms with Crippen LogP contribution < -0.4 is 10.1 Å². The summed E-state index contributed by atoms with van der Waals surface area (Å²) in [4.78, 5) is 2.29. The van der Waals surface area contributed by atoms with Gasteiger partial charge in [0.05, 0.1) is 11.6 Å². The molecule has 0 saturated carbocycles. The highest BCUT2D eigenvalue weighted by atomic mass is 79.9. The van der Waals surface area contributed by atoms with Gasteiger partial charge in [0, 0.05) is 19.1 Å². The fourth-order valence-corrected chi connectivity index (χ4v) is 3.03. The monoisotopic (exact) mass is 328 g/mol. The maximum absolute atomic E-state index is 9.79. The zero-order valence-corrected chi connectivity index (χ0v) is 13.0. The van der Waals surface area contributed by atoms with Crippen molar-refractivity contribution in [3.8, 4) is 11.5 Å². The molecule has 1 unspecified atom stereocenters. The van der Waals surface area contributed by atoms with Crippen molar-refractivity contribution in [3.63, 3.8) is 0 Å². The van der Waals surface area contributed by atoms with Crippen molar-refractivity contribution in [1.82, 2.24) is 10.2 Å². The zero-order valence-electron chi connectivity index (χ0n) is 11.4. The number of ether oxygens (including phenoxy) is 1. The molecule has 1 aromatic carbocycles. The second kappa shape index (κ2) is 6.59. The van der Waals surface area contributed by atoms with Gasteiger partial charge in [0.25, 0.3) is 0 Å². The Hall–Kier alpha value is -0.780. The van der Waals surface area contributed by atoms with Gasteiger partial charge >= 0.3 is 0 Å². The van der Waals surface area contributed by atoms with E-state index in [0.717, 1.165) is 25.2 Å². The summed E-state index contributed by atoms with van der Waals surface area (Å²) in [5.74, 6) is 0.670. The molecule has 1 aromatic rings. The number of aromatic hydroxyl groups is 1. The highest BCUT2D eigenvalue weighted by Gasteiger charge is 2.16. The quantitative estimate of drug-likeness (QED) is 0.870. The van der Waals surface area contributed by atoms with E-state index in [1.54, 1.807) is 7.11 Å². The van der Waals surface area contributed by atoms with Gasteiger partial charge in [-0.1, -0.05) is 0 Å².